The molecule has 64 valence electrons. The summed E-state index contributed by atoms with van der Waals surface area (Å²) in [6.45, 7) is 1.43. The molecule has 2 rings (SSSR count). The molecule has 0 aliphatic heterocycles. The van der Waals surface area contributed by atoms with Crippen molar-refractivity contribution in [1.82, 2.24) is 15.0 Å². The number of carbonyl (C=O) groups excluding carboxylic acids is 1. The normalized spacial score (nSPS) is 10.2. The van der Waals surface area contributed by atoms with Crippen LogP contribution < -0.4 is 0 Å². The van der Waals surface area contributed by atoms with Gasteiger partial charge in [0.2, 0.25) is 0 Å². The molecular formula is C9H7N3O. The number of carbonyl (C=O) groups is 1. The van der Waals surface area contributed by atoms with Gasteiger partial charge in [-0.3, -0.25) is 4.79 Å². The van der Waals surface area contributed by atoms with Crippen molar-refractivity contribution >= 4 is 16.8 Å². The number of rotatable bonds is 1. The molecule has 4 heteroatoms. The molecule has 0 N–H and O–H groups in total. The molecule has 0 saturated heterocycles. The van der Waals surface area contributed by atoms with E-state index in [9.17, 15) is 4.79 Å². The van der Waals surface area contributed by atoms with Crippen LogP contribution >= 0.6 is 0 Å². The van der Waals surface area contributed by atoms with Crippen LogP contribution in [0.15, 0.2) is 24.5 Å². The van der Waals surface area contributed by atoms with Crippen molar-refractivity contribution in [2.45, 2.75) is 6.92 Å². The Morgan fingerprint density at radius 3 is 3.00 bits per heavy atom. The second-order valence-electron chi connectivity index (χ2n) is 2.67. The molecule has 0 aliphatic carbocycles. The summed E-state index contributed by atoms with van der Waals surface area (Å²) in [6.07, 6.45) is 3.24. The second kappa shape index (κ2) is 2.90. The van der Waals surface area contributed by atoms with Gasteiger partial charge in [-0.2, -0.15) is 0 Å². The van der Waals surface area contributed by atoms with E-state index in [0.717, 1.165) is 5.39 Å². The summed E-state index contributed by atoms with van der Waals surface area (Å²) in [5, 5.41) is 0.840. The summed E-state index contributed by atoms with van der Waals surface area (Å²) in [5.41, 5.74) is 0.558. The molecule has 2 aromatic heterocycles. The number of ketones is 1. The molecule has 0 aromatic carbocycles. The van der Waals surface area contributed by atoms with Crippen LogP contribution in [0.2, 0.25) is 0 Å². The van der Waals surface area contributed by atoms with Crippen molar-refractivity contribution in [3.63, 3.8) is 0 Å². The predicted octanol–water partition coefficient (Wildman–Crippen LogP) is 1.23. The van der Waals surface area contributed by atoms with Crippen LogP contribution in [0.25, 0.3) is 11.0 Å². The van der Waals surface area contributed by atoms with E-state index in [1.54, 1.807) is 18.5 Å². The zero-order chi connectivity index (χ0) is 9.26. The number of hydrogen-bond acceptors (Lipinski definition) is 4. The largest absolute Gasteiger partial charge is 0.291 e. The van der Waals surface area contributed by atoms with E-state index < -0.39 is 0 Å². The van der Waals surface area contributed by atoms with E-state index >= 15 is 0 Å². The summed E-state index contributed by atoms with van der Waals surface area (Å²) >= 11 is 0. The first kappa shape index (κ1) is 7.79. The first-order valence-corrected chi connectivity index (χ1v) is 3.86. The Balaban J connectivity index is 2.69. The SMILES string of the molecule is CC(=O)c1ncc2cccnc2n1. The minimum absolute atomic E-state index is 0.146. The van der Waals surface area contributed by atoms with E-state index in [-0.39, 0.29) is 11.6 Å². The van der Waals surface area contributed by atoms with Crippen molar-refractivity contribution in [3.8, 4) is 0 Å². The molecule has 13 heavy (non-hydrogen) atoms. The van der Waals surface area contributed by atoms with Gasteiger partial charge >= 0.3 is 0 Å². The van der Waals surface area contributed by atoms with E-state index in [4.69, 9.17) is 0 Å². The van der Waals surface area contributed by atoms with Gasteiger partial charge in [0, 0.05) is 24.7 Å². The number of nitrogens with zero attached hydrogens (tertiary/aromatic N) is 3. The van der Waals surface area contributed by atoms with Gasteiger partial charge in [0.25, 0.3) is 0 Å². The molecule has 0 amide bonds. The van der Waals surface area contributed by atoms with E-state index in [0.29, 0.717) is 5.65 Å². The summed E-state index contributed by atoms with van der Waals surface area (Å²) < 4.78 is 0. The van der Waals surface area contributed by atoms with E-state index in [1.807, 2.05) is 6.07 Å². The zero-order valence-corrected chi connectivity index (χ0v) is 7.06. The van der Waals surface area contributed by atoms with Crippen LogP contribution in [0, 0.1) is 0 Å². The molecule has 0 aliphatic rings. The van der Waals surface area contributed by atoms with Crippen LogP contribution in [-0.4, -0.2) is 20.7 Å². The van der Waals surface area contributed by atoms with Gasteiger partial charge in [-0.25, -0.2) is 15.0 Å². The van der Waals surface area contributed by atoms with Crippen molar-refractivity contribution < 1.29 is 4.79 Å². The molecule has 4 nitrogen and oxygen atoms in total. The maximum Gasteiger partial charge on any atom is 0.197 e. The molecule has 2 heterocycles. The Hall–Kier alpha value is -1.84. The minimum atomic E-state index is -0.146. The fourth-order valence-corrected chi connectivity index (χ4v) is 1.03. The Morgan fingerprint density at radius 2 is 2.23 bits per heavy atom. The summed E-state index contributed by atoms with van der Waals surface area (Å²) in [5.74, 6) is 0.0683. The van der Waals surface area contributed by atoms with Crippen molar-refractivity contribution in [2.75, 3.05) is 0 Å². The van der Waals surface area contributed by atoms with Gasteiger partial charge in [-0.05, 0) is 12.1 Å². The molecule has 0 unspecified atom stereocenters. The predicted molar refractivity (Wildman–Crippen MR) is 47.3 cm³/mol. The molecule has 0 bridgehead atoms. The van der Waals surface area contributed by atoms with Crippen LogP contribution in [0.3, 0.4) is 0 Å². The third-order valence-corrected chi connectivity index (χ3v) is 1.67. The topological polar surface area (TPSA) is 55.7 Å². The molecule has 2 aromatic rings. The van der Waals surface area contributed by atoms with Crippen molar-refractivity contribution in [3.05, 3.63) is 30.4 Å². The molecular weight excluding hydrogens is 166 g/mol. The quantitative estimate of drug-likeness (QED) is 0.608. The third-order valence-electron chi connectivity index (χ3n) is 1.67. The standard InChI is InChI=1S/C9H7N3O/c1-6(13)8-11-5-7-3-2-4-10-9(7)12-8/h2-5H,1H3. The number of aromatic nitrogens is 3. The lowest BCUT2D eigenvalue weighted by atomic mass is 10.3. The molecule has 0 atom stereocenters. The lowest BCUT2D eigenvalue weighted by molar-refractivity contribution is 0.100. The van der Waals surface area contributed by atoms with E-state index in [1.165, 1.54) is 6.92 Å². The molecule has 0 spiro atoms. The zero-order valence-electron chi connectivity index (χ0n) is 7.06. The third kappa shape index (κ3) is 1.38. The maximum atomic E-state index is 10.9. The highest BCUT2D eigenvalue weighted by atomic mass is 16.1. The highest BCUT2D eigenvalue weighted by Crippen LogP contribution is 2.06. The monoisotopic (exact) mass is 173 g/mol. The van der Waals surface area contributed by atoms with Crippen molar-refractivity contribution in [2.24, 2.45) is 0 Å². The average Bonchev–Trinajstić information content (AvgIpc) is 2.17. The lowest BCUT2D eigenvalue weighted by Crippen LogP contribution is -2.01. The molecule has 0 saturated carbocycles. The highest BCUT2D eigenvalue weighted by molar-refractivity contribution is 5.91. The minimum Gasteiger partial charge on any atom is -0.291 e. The van der Waals surface area contributed by atoms with Gasteiger partial charge in [0.15, 0.2) is 17.3 Å². The Kier molecular flexibility index (Phi) is 1.73. The second-order valence-corrected chi connectivity index (χ2v) is 2.67. The van der Waals surface area contributed by atoms with Crippen LogP contribution in [0.4, 0.5) is 0 Å². The van der Waals surface area contributed by atoms with Gasteiger partial charge in [-0.1, -0.05) is 0 Å². The number of pyridine rings is 1. The lowest BCUT2D eigenvalue weighted by Gasteiger charge is -1.96. The van der Waals surface area contributed by atoms with Gasteiger partial charge in [0.05, 0.1) is 0 Å². The highest BCUT2D eigenvalue weighted by Gasteiger charge is 2.03. The first-order chi connectivity index (χ1) is 6.27. The van der Waals surface area contributed by atoms with Crippen LogP contribution in [0.1, 0.15) is 17.5 Å². The number of hydrogen-bond donors (Lipinski definition) is 0. The average molecular weight is 173 g/mol. The van der Waals surface area contributed by atoms with Gasteiger partial charge in [-0.15, -0.1) is 0 Å². The number of Topliss-reactive ketones (excluding diaryl/α,β-unsaturated/α-hetero) is 1. The Morgan fingerprint density at radius 1 is 1.38 bits per heavy atom. The smallest absolute Gasteiger partial charge is 0.197 e. The summed E-state index contributed by atoms with van der Waals surface area (Å²) in [4.78, 5) is 22.9. The molecule has 0 radical (unpaired) electrons. The van der Waals surface area contributed by atoms with Crippen LogP contribution in [-0.2, 0) is 0 Å². The fourth-order valence-electron chi connectivity index (χ4n) is 1.03. The fraction of sp³-hybridized carbons (Fsp3) is 0.111. The Bertz CT molecular complexity index is 467. The molecule has 0 fully saturated rings. The summed E-state index contributed by atoms with van der Waals surface area (Å²) in [7, 11) is 0. The maximum absolute atomic E-state index is 10.9. The Labute approximate surface area is 74.7 Å². The van der Waals surface area contributed by atoms with Gasteiger partial charge < -0.3 is 0 Å². The van der Waals surface area contributed by atoms with Crippen LogP contribution in [0.5, 0.6) is 0 Å². The van der Waals surface area contributed by atoms with E-state index in [2.05, 4.69) is 15.0 Å². The number of fused-ring (bicyclic) bond motifs is 1. The first-order valence-electron chi connectivity index (χ1n) is 3.86. The van der Waals surface area contributed by atoms with Crippen molar-refractivity contribution in [1.29, 1.82) is 0 Å². The van der Waals surface area contributed by atoms with Gasteiger partial charge in [0.1, 0.15) is 0 Å². The summed E-state index contributed by atoms with van der Waals surface area (Å²) in [6, 6.07) is 3.66.